The molecule has 2 fully saturated rings. The Morgan fingerprint density at radius 1 is 1.12 bits per heavy atom. The van der Waals surface area contributed by atoms with E-state index in [-0.39, 0.29) is 30.2 Å². The molecule has 1 aromatic rings. The van der Waals surface area contributed by atoms with Gasteiger partial charge in [-0.2, -0.15) is 0 Å². The second-order valence-electron chi connectivity index (χ2n) is 7.51. The first kappa shape index (κ1) is 17.7. The molecule has 134 valence electrons. The fourth-order valence-electron chi connectivity index (χ4n) is 4.66. The van der Waals surface area contributed by atoms with Crippen molar-refractivity contribution in [2.45, 2.75) is 69.6 Å². The predicted octanol–water partition coefficient (Wildman–Crippen LogP) is 6.24. The molecule has 1 aromatic carbocycles. The van der Waals surface area contributed by atoms with Crippen molar-refractivity contribution in [2.75, 3.05) is 0 Å². The summed E-state index contributed by atoms with van der Waals surface area (Å²) in [6.45, 7) is 2.00. The summed E-state index contributed by atoms with van der Waals surface area (Å²) in [6.07, 6.45) is 2.10. The summed E-state index contributed by atoms with van der Waals surface area (Å²) in [7, 11) is 0. The Kier molecular flexibility index (Phi) is 4.89. The molecular weight excluding hydrogens is 323 g/mol. The Balaban J connectivity index is 1.79. The zero-order valence-corrected chi connectivity index (χ0v) is 13.8. The van der Waals surface area contributed by atoms with Crippen LogP contribution in [0.4, 0.5) is 22.0 Å². The van der Waals surface area contributed by atoms with Crippen molar-refractivity contribution in [3.8, 4) is 0 Å². The minimum absolute atomic E-state index is 0.0904. The lowest BCUT2D eigenvalue weighted by Crippen LogP contribution is -2.27. The molecule has 2 aliphatic carbocycles. The molecule has 0 radical (unpaired) electrons. The normalized spacial score (nSPS) is 36.4. The van der Waals surface area contributed by atoms with Gasteiger partial charge >= 0.3 is 0 Å². The van der Waals surface area contributed by atoms with Crippen LogP contribution < -0.4 is 0 Å². The van der Waals surface area contributed by atoms with Gasteiger partial charge in [-0.25, -0.2) is 22.0 Å². The molecule has 0 aromatic heterocycles. The van der Waals surface area contributed by atoms with Crippen molar-refractivity contribution >= 4 is 0 Å². The van der Waals surface area contributed by atoms with Crippen LogP contribution in [0.1, 0.15) is 63.4 Å². The minimum Gasteiger partial charge on any atom is -0.247 e. The van der Waals surface area contributed by atoms with Crippen molar-refractivity contribution in [3.63, 3.8) is 0 Å². The van der Waals surface area contributed by atoms with Crippen molar-refractivity contribution in [1.29, 1.82) is 0 Å². The smallest absolute Gasteiger partial charge is 0.194 e. The first-order valence-corrected chi connectivity index (χ1v) is 8.81. The Morgan fingerprint density at radius 3 is 2.42 bits per heavy atom. The van der Waals surface area contributed by atoms with E-state index in [9.17, 15) is 17.6 Å². The van der Waals surface area contributed by atoms with E-state index in [4.69, 9.17) is 0 Å². The Hall–Kier alpha value is -1.13. The first-order chi connectivity index (χ1) is 11.3. The van der Waals surface area contributed by atoms with E-state index < -0.39 is 35.2 Å². The quantitative estimate of drug-likeness (QED) is 0.449. The molecule has 3 rings (SSSR count). The lowest BCUT2D eigenvalue weighted by Gasteiger charge is -2.24. The van der Waals surface area contributed by atoms with Gasteiger partial charge in [0.1, 0.15) is 11.8 Å². The average Bonchev–Trinajstić information content (AvgIpc) is 2.80. The van der Waals surface area contributed by atoms with Crippen LogP contribution in [-0.4, -0.2) is 11.8 Å². The summed E-state index contributed by atoms with van der Waals surface area (Å²) in [5.74, 6) is -4.93. The van der Waals surface area contributed by atoms with E-state index in [1.54, 1.807) is 0 Å². The second kappa shape index (κ2) is 6.64. The van der Waals surface area contributed by atoms with Crippen LogP contribution in [0, 0.1) is 29.3 Å². The van der Waals surface area contributed by atoms with E-state index in [0.717, 1.165) is 25.0 Å². The third-order valence-corrected chi connectivity index (χ3v) is 5.98. The molecule has 2 aliphatic rings. The van der Waals surface area contributed by atoms with Gasteiger partial charge in [-0.15, -0.1) is 0 Å². The summed E-state index contributed by atoms with van der Waals surface area (Å²) in [5.41, 5.74) is -1.21. The average molecular weight is 346 g/mol. The number of alkyl halides is 2. The zero-order chi connectivity index (χ0) is 17.5. The van der Waals surface area contributed by atoms with Gasteiger partial charge in [-0.1, -0.05) is 13.3 Å². The molecule has 5 unspecified atom stereocenters. The summed E-state index contributed by atoms with van der Waals surface area (Å²) >= 11 is 0. The highest BCUT2D eigenvalue weighted by Crippen LogP contribution is 2.54. The Labute approximate surface area is 139 Å². The number of halogens is 5. The van der Waals surface area contributed by atoms with Gasteiger partial charge in [-0.3, -0.25) is 0 Å². The molecule has 0 spiro atoms. The van der Waals surface area contributed by atoms with Crippen LogP contribution in [0.3, 0.4) is 0 Å². The molecule has 0 saturated heterocycles. The lowest BCUT2D eigenvalue weighted by atomic mass is 9.88. The number of fused-ring (bicyclic) bond motifs is 1. The predicted molar refractivity (Wildman–Crippen MR) is 82.8 cm³/mol. The number of hydrogen-bond acceptors (Lipinski definition) is 0. The van der Waals surface area contributed by atoms with Crippen molar-refractivity contribution in [2.24, 2.45) is 11.8 Å². The van der Waals surface area contributed by atoms with Gasteiger partial charge in [0.2, 0.25) is 0 Å². The summed E-state index contributed by atoms with van der Waals surface area (Å²) in [6, 6.07) is 1.90. The fraction of sp³-hybridized carbons (Fsp3) is 0.684. The van der Waals surface area contributed by atoms with Gasteiger partial charge in [0, 0.05) is 0 Å². The maximum atomic E-state index is 15.4. The molecule has 0 nitrogen and oxygen atoms in total. The van der Waals surface area contributed by atoms with Gasteiger partial charge in [-0.05, 0) is 74.0 Å². The van der Waals surface area contributed by atoms with Crippen LogP contribution in [0.5, 0.6) is 0 Å². The summed E-state index contributed by atoms with van der Waals surface area (Å²) in [5, 5.41) is 0. The first-order valence-electron chi connectivity index (χ1n) is 8.81. The zero-order valence-electron chi connectivity index (χ0n) is 13.8. The summed E-state index contributed by atoms with van der Waals surface area (Å²) < 4.78 is 69.9. The third-order valence-electron chi connectivity index (χ3n) is 5.98. The highest BCUT2D eigenvalue weighted by Gasteiger charge is 2.51. The van der Waals surface area contributed by atoms with Crippen molar-refractivity contribution in [1.82, 2.24) is 0 Å². The topological polar surface area (TPSA) is 0 Å². The van der Waals surface area contributed by atoms with Crippen LogP contribution >= 0.6 is 0 Å². The third kappa shape index (κ3) is 3.18. The largest absolute Gasteiger partial charge is 0.247 e. The molecule has 24 heavy (non-hydrogen) atoms. The summed E-state index contributed by atoms with van der Waals surface area (Å²) in [4.78, 5) is 0. The van der Waals surface area contributed by atoms with E-state index in [2.05, 4.69) is 0 Å². The van der Waals surface area contributed by atoms with E-state index in [1.165, 1.54) is 0 Å². The molecular formula is C19H23F5. The van der Waals surface area contributed by atoms with Crippen LogP contribution in [-0.2, 0) is 0 Å². The lowest BCUT2D eigenvalue weighted by molar-refractivity contribution is 0.0927. The number of hydrogen-bond donors (Lipinski definition) is 0. The van der Waals surface area contributed by atoms with Crippen LogP contribution in [0.2, 0.25) is 0 Å². The highest BCUT2D eigenvalue weighted by atomic mass is 19.2. The standard InChI is InChI=1S/C19H23F5/c1-2-3-11-4-5-19(24)10-13(6-14(19)9-15(11)20)12-7-16(21)18(23)17(22)8-12/h7-8,11,13-15H,2-6,9-10H2,1H3. The molecule has 0 heterocycles. The molecule has 5 atom stereocenters. The molecule has 0 bridgehead atoms. The van der Waals surface area contributed by atoms with E-state index in [0.29, 0.717) is 19.3 Å². The van der Waals surface area contributed by atoms with Crippen molar-refractivity contribution < 1.29 is 22.0 Å². The fourth-order valence-corrected chi connectivity index (χ4v) is 4.66. The monoisotopic (exact) mass is 346 g/mol. The maximum absolute atomic E-state index is 15.4. The molecule has 0 aliphatic heterocycles. The second-order valence-corrected chi connectivity index (χ2v) is 7.51. The number of benzene rings is 1. The molecule has 5 heteroatoms. The maximum Gasteiger partial charge on any atom is 0.194 e. The Morgan fingerprint density at radius 2 is 1.79 bits per heavy atom. The van der Waals surface area contributed by atoms with E-state index >= 15 is 4.39 Å². The Bertz CT molecular complexity index is 578. The van der Waals surface area contributed by atoms with E-state index in [1.807, 2.05) is 6.92 Å². The van der Waals surface area contributed by atoms with Crippen LogP contribution in [0.15, 0.2) is 12.1 Å². The number of rotatable bonds is 3. The van der Waals surface area contributed by atoms with Crippen molar-refractivity contribution in [3.05, 3.63) is 35.1 Å². The van der Waals surface area contributed by atoms with Crippen LogP contribution in [0.25, 0.3) is 0 Å². The van der Waals surface area contributed by atoms with Gasteiger partial charge < -0.3 is 0 Å². The minimum atomic E-state index is -1.51. The SMILES string of the molecule is CCCC1CCC2(F)CC(c3cc(F)c(F)c(F)c3)CC2CC1F. The highest BCUT2D eigenvalue weighted by molar-refractivity contribution is 5.26. The molecule has 2 saturated carbocycles. The van der Waals surface area contributed by atoms with Gasteiger partial charge in [0.05, 0.1) is 0 Å². The molecule has 0 amide bonds. The van der Waals surface area contributed by atoms with Gasteiger partial charge in [0.15, 0.2) is 17.5 Å². The van der Waals surface area contributed by atoms with Gasteiger partial charge in [0.25, 0.3) is 0 Å². The molecule has 0 N–H and O–H groups in total.